The fourth-order valence-corrected chi connectivity index (χ4v) is 2.67. The number of carbonyl (C=O) groups excluding carboxylic acids is 1. The summed E-state index contributed by atoms with van der Waals surface area (Å²) in [4.78, 5) is 17.4. The lowest BCUT2D eigenvalue weighted by molar-refractivity contribution is -0.122. The summed E-state index contributed by atoms with van der Waals surface area (Å²) < 4.78 is 1.91. The second-order valence-electron chi connectivity index (χ2n) is 6.26. The smallest absolute Gasteiger partial charge is 0.263 e. The standard InChI is InChI=1S/C20H18N8O/c1-15(16-7-9-18(10-8-16)27-12-11-21-14-27)22-23-19(29)13-28-25-20(24-26-28)17-5-3-2-4-6-17/h2-12,14H,13H2,1H3,(H,23,29)/b22-15+. The van der Waals surface area contributed by atoms with Crippen LogP contribution in [-0.2, 0) is 11.3 Å². The highest BCUT2D eigenvalue weighted by Crippen LogP contribution is 2.12. The summed E-state index contributed by atoms with van der Waals surface area (Å²) in [6.07, 6.45) is 5.33. The zero-order chi connectivity index (χ0) is 20.1. The molecule has 0 aliphatic carbocycles. The molecule has 0 radical (unpaired) electrons. The number of amides is 1. The van der Waals surface area contributed by atoms with E-state index in [4.69, 9.17) is 0 Å². The lowest BCUT2D eigenvalue weighted by Crippen LogP contribution is -2.25. The molecule has 2 aromatic heterocycles. The van der Waals surface area contributed by atoms with E-state index in [9.17, 15) is 4.79 Å². The second-order valence-corrected chi connectivity index (χ2v) is 6.26. The summed E-state index contributed by atoms with van der Waals surface area (Å²) in [6, 6.07) is 17.2. The highest BCUT2D eigenvalue weighted by molar-refractivity contribution is 5.99. The number of hydrogen-bond acceptors (Lipinski definition) is 6. The molecule has 9 nitrogen and oxygen atoms in total. The molecule has 0 fully saturated rings. The van der Waals surface area contributed by atoms with Gasteiger partial charge in [-0.15, -0.1) is 10.2 Å². The van der Waals surface area contributed by atoms with Crippen molar-refractivity contribution in [3.05, 3.63) is 78.9 Å². The number of imidazole rings is 1. The van der Waals surface area contributed by atoms with Gasteiger partial charge in [0.15, 0.2) is 0 Å². The number of nitrogens with zero attached hydrogens (tertiary/aromatic N) is 7. The normalized spacial score (nSPS) is 11.4. The van der Waals surface area contributed by atoms with Crippen molar-refractivity contribution in [2.24, 2.45) is 5.10 Å². The number of tetrazole rings is 1. The maximum absolute atomic E-state index is 12.1. The van der Waals surface area contributed by atoms with Gasteiger partial charge in [0.25, 0.3) is 5.91 Å². The number of hydrazone groups is 1. The predicted octanol–water partition coefficient (Wildman–Crippen LogP) is 2.07. The lowest BCUT2D eigenvalue weighted by atomic mass is 10.1. The van der Waals surface area contributed by atoms with Gasteiger partial charge in [-0.1, -0.05) is 42.5 Å². The molecule has 2 heterocycles. The largest absolute Gasteiger partial charge is 0.306 e. The van der Waals surface area contributed by atoms with E-state index in [1.165, 1.54) is 4.80 Å². The van der Waals surface area contributed by atoms with Crippen LogP contribution in [0.3, 0.4) is 0 Å². The van der Waals surface area contributed by atoms with Crippen LogP contribution in [0, 0.1) is 0 Å². The molecule has 0 aliphatic heterocycles. The molecule has 1 amide bonds. The maximum atomic E-state index is 12.1. The van der Waals surface area contributed by atoms with Gasteiger partial charge in [-0.05, 0) is 29.8 Å². The van der Waals surface area contributed by atoms with Gasteiger partial charge < -0.3 is 4.57 Å². The van der Waals surface area contributed by atoms with E-state index in [0.717, 1.165) is 16.8 Å². The van der Waals surface area contributed by atoms with Crippen molar-refractivity contribution in [2.45, 2.75) is 13.5 Å². The van der Waals surface area contributed by atoms with E-state index in [1.807, 2.05) is 72.3 Å². The van der Waals surface area contributed by atoms with Crippen LogP contribution >= 0.6 is 0 Å². The number of aromatic nitrogens is 6. The average molecular weight is 386 g/mol. The monoisotopic (exact) mass is 386 g/mol. The van der Waals surface area contributed by atoms with Crippen LogP contribution < -0.4 is 5.43 Å². The van der Waals surface area contributed by atoms with Gasteiger partial charge in [0.2, 0.25) is 5.82 Å². The Labute approximate surface area is 166 Å². The van der Waals surface area contributed by atoms with Crippen LogP contribution in [-0.4, -0.2) is 41.4 Å². The van der Waals surface area contributed by atoms with Crippen LogP contribution in [0.2, 0.25) is 0 Å². The third-order valence-electron chi connectivity index (χ3n) is 4.21. The summed E-state index contributed by atoms with van der Waals surface area (Å²) in [5.74, 6) is 0.132. The summed E-state index contributed by atoms with van der Waals surface area (Å²) in [5, 5.41) is 16.3. The molecule has 144 valence electrons. The fraction of sp³-hybridized carbons (Fsp3) is 0.100. The van der Waals surface area contributed by atoms with E-state index in [2.05, 4.69) is 30.9 Å². The first-order chi connectivity index (χ1) is 14.2. The van der Waals surface area contributed by atoms with Gasteiger partial charge in [-0.3, -0.25) is 4.79 Å². The molecule has 0 atom stereocenters. The molecule has 4 aromatic rings. The zero-order valence-corrected chi connectivity index (χ0v) is 15.7. The molecule has 0 saturated carbocycles. The molecule has 0 unspecified atom stereocenters. The fourth-order valence-electron chi connectivity index (χ4n) is 2.67. The van der Waals surface area contributed by atoms with Crippen LogP contribution in [0.4, 0.5) is 0 Å². The van der Waals surface area contributed by atoms with Crippen molar-refractivity contribution >= 4 is 11.6 Å². The Balaban J connectivity index is 1.36. The molecule has 4 rings (SSSR count). The molecular weight excluding hydrogens is 368 g/mol. The Morgan fingerprint density at radius 2 is 1.90 bits per heavy atom. The van der Waals surface area contributed by atoms with Crippen molar-refractivity contribution in [1.29, 1.82) is 0 Å². The first kappa shape index (κ1) is 18.2. The van der Waals surface area contributed by atoms with Crippen molar-refractivity contribution in [3.63, 3.8) is 0 Å². The molecule has 29 heavy (non-hydrogen) atoms. The van der Waals surface area contributed by atoms with Crippen molar-refractivity contribution in [3.8, 4) is 17.1 Å². The van der Waals surface area contributed by atoms with Gasteiger partial charge in [0.1, 0.15) is 6.54 Å². The molecule has 1 N–H and O–H groups in total. The minimum atomic E-state index is -0.337. The zero-order valence-electron chi connectivity index (χ0n) is 15.7. The van der Waals surface area contributed by atoms with Gasteiger partial charge in [-0.2, -0.15) is 9.90 Å². The number of rotatable bonds is 6. The Hall–Kier alpha value is -4.14. The second kappa shape index (κ2) is 8.26. The van der Waals surface area contributed by atoms with Gasteiger partial charge in [-0.25, -0.2) is 10.4 Å². The van der Waals surface area contributed by atoms with E-state index in [0.29, 0.717) is 11.5 Å². The highest BCUT2D eigenvalue weighted by atomic mass is 16.2. The van der Waals surface area contributed by atoms with Crippen molar-refractivity contribution < 1.29 is 4.79 Å². The molecule has 0 aliphatic rings. The summed E-state index contributed by atoms with van der Waals surface area (Å²) >= 11 is 0. The lowest BCUT2D eigenvalue weighted by Gasteiger charge is -2.05. The first-order valence-corrected chi connectivity index (χ1v) is 8.94. The maximum Gasteiger partial charge on any atom is 0.263 e. The number of benzene rings is 2. The Morgan fingerprint density at radius 1 is 1.10 bits per heavy atom. The number of carbonyl (C=O) groups is 1. The third kappa shape index (κ3) is 4.41. The van der Waals surface area contributed by atoms with Gasteiger partial charge in [0.05, 0.1) is 12.0 Å². The minimum absolute atomic E-state index is 0.0732. The number of hydrogen-bond donors (Lipinski definition) is 1. The molecular formula is C20H18N8O. The molecule has 2 aromatic carbocycles. The Morgan fingerprint density at radius 3 is 2.62 bits per heavy atom. The van der Waals surface area contributed by atoms with E-state index >= 15 is 0 Å². The van der Waals surface area contributed by atoms with Gasteiger partial charge >= 0.3 is 0 Å². The molecule has 0 bridgehead atoms. The highest BCUT2D eigenvalue weighted by Gasteiger charge is 2.09. The average Bonchev–Trinajstić information content (AvgIpc) is 3.45. The minimum Gasteiger partial charge on any atom is -0.306 e. The first-order valence-electron chi connectivity index (χ1n) is 8.94. The van der Waals surface area contributed by atoms with Crippen LogP contribution in [0.5, 0.6) is 0 Å². The Kier molecular flexibility index (Phi) is 5.19. The number of nitrogens with one attached hydrogen (secondary N) is 1. The third-order valence-corrected chi connectivity index (χ3v) is 4.21. The SMILES string of the molecule is C/C(=N\NC(=O)Cn1nnc(-c2ccccc2)n1)c1ccc(-n2ccnc2)cc1. The van der Waals surface area contributed by atoms with E-state index in [1.54, 1.807) is 12.5 Å². The van der Waals surface area contributed by atoms with Crippen molar-refractivity contribution in [2.75, 3.05) is 0 Å². The molecule has 0 spiro atoms. The van der Waals surface area contributed by atoms with Crippen LogP contribution in [0.15, 0.2) is 78.4 Å². The predicted molar refractivity (Wildman–Crippen MR) is 107 cm³/mol. The Bertz CT molecular complexity index is 1120. The summed E-state index contributed by atoms with van der Waals surface area (Å²) in [6.45, 7) is 1.75. The summed E-state index contributed by atoms with van der Waals surface area (Å²) in [7, 11) is 0. The topological polar surface area (TPSA) is 103 Å². The van der Waals surface area contributed by atoms with E-state index in [-0.39, 0.29) is 12.5 Å². The molecule has 0 saturated heterocycles. The van der Waals surface area contributed by atoms with Crippen molar-refractivity contribution in [1.82, 2.24) is 35.2 Å². The van der Waals surface area contributed by atoms with Gasteiger partial charge in [0, 0.05) is 23.6 Å². The summed E-state index contributed by atoms with van der Waals surface area (Å²) in [5.41, 5.74) is 5.95. The quantitative estimate of drug-likeness (QED) is 0.404. The molecule has 9 heteroatoms. The van der Waals surface area contributed by atoms with E-state index < -0.39 is 0 Å². The van der Waals surface area contributed by atoms with Crippen LogP contribution in [0.25, 0.3) is 17.1 Å². The van der Waals surface area contributed by atoms with Crippen LogP contribution in [0.1, 0.15) is 12.5 Å².